The van der Waals surface area contributed by atoms with Gasteiger partial charge < -0.3 is 0 Å². The van der Waals surface area contributed by atoms with Crippen molar-refractivity contribution in [1.82, 2.24) is 0 Å². The molecule has 0 radical (unpaired) electrons. The Kier molecular flexibility index (Phi) is 0. The van der Waals surface area contributed by atoms with Crippen LogP contribution in [-0.2, 0) is 0 Å². The Morgan fingerprint density at radius 1 is 0.600 bits per heavy atom. The van der Waals surface area contributed by atoms with E-state index in [1.165, 1.54) is 7.40 Å². The SMILES string of the molecule is C.C.C.C.[3H]C. The van der Waals surface area contributed by atoms with Crippen LogP contribution in [-0.4, -0.2) is 0 Å². The van der Waals surface area contributed by atoms with Gasteiger partial charge >= 0.3 is 0 Å². The van der Waals surface area contributed by atoms with Crippen molar-refractivity contribution in [3.05, 3.63) is 0 Å². The maximum Gasteiger partial charge on any atom is 0.0194 e. The van der Waals surface area contributed by atoms with E-state index in [1.54, 1.807) is 0 Å². The van der Waals surface area contributed by atoms with E-state index in [0.29, 0.717) is 0 Å². The van der Waals surface area contributed by atoms with Crippen molar-refractivity contribution in [2.75, 3.05) is 0 Å². The quantitative estimate of drug-likeness (QED) is 0.421. The summed E-state index contributed by atoms with van der Waals surface area (Å²) >= 11 is 0. The van der Waals surface area contributed by atoms with Gasteiger partial charge in [-0.3, -0.25) is 0 Å². The van der Waals surface area contributed by atoms with Crippen LogP contribution in [0.25, 0.3) is 0 Å². The van der Waals surface area contributed by atoms with Crippen LogP contribution in [0.2, 0.25) is 0 Å². The van der Waals surface area contributed by atoms with Crippen LogP contribution in [0.3, 0.4) is 0 Å². The van der Waals surface area contributed by atoms with Gasteiger partial charge in [0.05, 0.1) is 0 Å². The maximum absolute atomic E-state index is 5.75. The molecule has 0 aliphatic rings. The number of rotatable bonds is 0. The Morgan fingerprint density at radius 3 is 0.600 bits per heavy atom. The Morgan fingerprint density at radius 2 is 0.600 bits per heavy atom. The van der Waals surface area contributed by atoms with Gasteiger partial charge in [-0.1, -0.05) is 37.1 Å². The lowest BCUT2D eigenvalue weighted by Gasteiger charge is -0.0786. The minimum Gasteiger partial charge on any atom is -0.0776 e. The lowest BCUT2D eigenvalue weighted by atomic mass is 12.0. The van der Waals surface area contributed by atoms with Crippen LogP contribution in [0.1, 0.15) is 38.5 Å². The van der Waals surface area contributed by atoms with Crippen LogP contribution >= 0.6 is 0 Å². The summed E-state index contributed by atoms with van der Waals surface area (Å²) in [5.74, 6) is 0. The van der Waals surface area contributed by atoms with E-state index in [2.05, 4.69) is 0 Å². The van der Waals surface area contributed by atoms with E-state index < -0.39 is 0 Å². The van der Waals surface area contributed by atoms with E-state index in [0.717, 1.165) is 0 Å². The van der Waals surface area contributed by atoms with Crippen LogP contribution in [0.4, 0.5) is 0 Å². The molecule has 0 atom stereocenters. The molecule has 0 saturated heterocycles. The van der Waals surface area contributed by atoms with Crippen LogP contribution in [0, 0.1) is 0 Å². The van der Waals surface area contributed by atoms with Crippen molar-refractivity contribution < 1.29 is 1.37 Å². The Balaban J connectivity index is -0.000000000833. The molecule has 0 fully saturated rings. The molecule has 0 amide bonds. The molecule has 0 unspecified atom stereocenters. The predicted molar refractivity (Wildman–Crippen MR) is 33.7 cm³/mol. The molecule has 0 spiro atoms. The van der Waals surface area contributed by atoms with E-state index in [9.17, 15) is 0 Å². The fourth-order valence-corrected chi connectivity index (χ4v) is 0. The van der Waals surface area contributed by atoms with Crippen molar-refractivity contribution in [1.29, 1.82) is 0 Å². The third-order valence-corrected chi connectivity index (χ3v) is 0. The Bertz CT molecular complexity index is 3.90. The highest BCUT2D eigenvalue weighted by molar-refractivity contribution is 2.51. The molecule has 40 valence electrons. The van der Waals surface area contributed by atoms with Crippen molar-refractivity contribution in [3.63, 3.8) is 0 Å². The summed E-state index contributed by atoms with van der Waals surface area (Å²) < 4.78 is 5.75. The molecule has 0 aromatic carbocycles. The second-order valence-corrected chi connectivity index (χ2v) is 0. The topological polar surface area (TPSA) is 0 Å². The molecule has 0 heteroatoms. The first-order valence-corrected chi connectivity index (χ1v) is 0. The fraction of sp³-hybridized carbons (Fsp3) is 1.00. The fourth-order valence-electron chi connectivity index (χ4n) is 0. The third-order valence-electron chi connectivity index (χ3n) is 0. The molecule has 0 nitrogen and oxygen atoms in total. The average Bonchev–Trinajstić information content (AvgIpc) is 1.00. The molecule has 5 heavy (non-hydrogen) atoms. The van der Waals surface area contributed by atoms with Gasteiger partial charge in [0.25, 0.3) is 0 Å². The zero-order valence-electron chi connectivity index (χ0n) is 2.00. The minimum atomic E-state index is 0. The molecule has 0 aromatic rings. The highest BCUT2D eigenvalue weighted by Gasteiger charge is -0.0736. The summed E-state index contributed by atoms with van der Waals surface area (Å²) in [6, 6.07) is 0. The van der Waals surface area contributed by atoms with Gasteiger partial charge in [0.1, 0.15) is 0 Å². The molecular weight excluding hydrogens is 60.1 g/mol. The summed E-state index contributed by atoms with van der Waals surface area (Å²) in [7, 11) is 1.25. The number of hydrogen-bond donors (Lipinski definition) is 0. The van der Waals surface area contributed by atoms with Gasteiger partial charge in [-0.05, 0) is 0 Å². The third kappa shape index (κ3) is 0. The molecule has 0 rings (SSSR count). The van der Waals surface area contributed by atoms with Gasteiger partial charge in [0.2, 0.25) is 0 Å². The summed E-state index contributed by atoms with van der Waals surface area (Å²) in [6.45, 7) is 0. The maximum atomic E-state index is 5.75. The summed E-state index contributed by atoms with van der Waals surface area (Å²) in [6.07, 6.45) is 0. The lowest BCUT2D eigenvalue weighted by molar-refractivity contribution is 2.50. The molecule has 0 aliphatic heterocycles. The van der Waals surface area contributed by atoms with Crippen LogP contribution in [0.15, 0.2) is 0 Å². The normalized spacial score (nSPS) is 1.40. The van der Waals surface area contributed by atoms with Crippen molar-refractivity contribution in [2.24, 2.45) is 0 Å². The van der Waals surface area contributed by atoms with Crippen molar-refractivity contribution in [3.8, 4) is 0 Å². The van der Waals surface area contributed by atoms with Gasteiger partial charge in [-0.15, -0.1) is 0 Å². The monoisotopic (exact) mass is 82.2 g/mol. The number of hydrogen-bond acceptors (Lipinski definition) is 0. The summed E-state index contributed by atoms with van der Waals surface area (Å²) in [5, 5.41) is 0. The van der Waals surface area contributed by atoms with E-state index in [4.69, 9.17) is 1.37 Å². The predicted octanol–water partition coefficient (Wildman–Crippen LogP) is 3.18. The lowest BCUT2D eigenvalue weighted by Crippen LogP contribution is 0.143. The summed E-state index contributed by atoms with van der Waals surface area (Å²) in [5.41, 5.74) is 0. The zero-order chi connectivity index (χ0) is 2.00. The smallest absolute Gasteiger partial charge is 0.0194 e. The standard InChI is InChI=1S/5CH4/h5*1H4/i1T;;;;. The molecule has 0 heterocycles. The molecule has 0 aliphatic carbocycles. The molecule has 0 bridgehead atoms. The molecular formula is C5H20. The van der Waals surface area contributed by atoms with Gasteiger partial charge in [0.15, 0.2) is 0 Å². The second-order valence-electron chi connectivity index (χ2n) is 0. The van der Waals surface area contributed by atoms with Gasteiger partial charge in [0, 0.05) is 1.37 Å². The summed E-state index contributed by atoms with van der Waals surface area (Å²) in [4.78, 5) is 0. The van der Waals surface area contributed by atoms with Crippen molar-refractivity contribution >= 4 is 0 Å². The molecule has 0 aromatic heterocycles. The molecule has 0 N–H and O–H groups in total. The average molecular weight is 82.2 g/mol. The Labute approximate surface area is 39.6 Å². The first-order valence-electron chi connectivity index (χ1n) is 1.00. The molecule has 0 saturated carbocycles. The van der Waals surface area contributed by atoms with Crippen molar-refractivity contribution in [2.45, 2.75) is 37.1 Å². The zero-order valence-corrected chi connectivity index (χ0v) is 1.00. The van der Waals surface area contributed by atoms with Crippen LogP contribution in [0.5, 0.6) is 0 Å². The van der Waals surface area contributed by atoms with E-state index >= 15 is 0 Å². The minimum absolute atomic E-state index is 0. The van der Waals surface area contributed by atoms with Crippen LogP contribution < -0.4 is 0 Å². The largest absolute Gasteiger partial charge is 0.0776 e. The van der Waals surface area contributed by atoms with Gasteiger partial charge in [-0.2, -0.15) is 0 Å². The Hall–Kier alpha value is 0. The first-order chi connectivity index (χ1) is 1.00. The second kappa shape index (κ2) is 0. The van der Waals surface area contributed by atoms with E-state index in [1.807, 2.05) is 0 Å². The van der Waals surface area contributed by atoms with Gasteiger partial charge in [-0.25, -0.2) is 0 Å². The highest BCUT2D eigenvalue weighted by Crippen LogP contribution is 0.148. The highest BCUT2D eigenvalue weighted by atomic mass is 12.0. The first kappa shape index (κ1) is 80.0. The van der Waals surface area contributed by atoms with E-state index in [-0.39, 0.29) is 29.7 Å².